The van der Waals surface area contributed by atoms with Gasteiger partial charge in [0, 0.05) is 13.1 Å². The van der Waals surface area contributed by atoms with E-state index in [1.807, 2.05) is 78.0 Å². The number of carbonyl (C=O) groups excluding carboxylic acids is 1. The first kappa shape index (κ1) is 21.7. The molecule has 1 aromatic heterocycles. The van der Waals surface area contributed by atoms with Crippen LogP contribution in [0.4, 0.5) is 0 Å². The van der Waals surface area contributed by atoms with Crippen molar-refractivity contribution < 1.29 is 4.79 Å². The Morgan fingerprint density at radius 3 is 2.43 bits per heavy atom. The fraction of sp³-hybridized carbons (Fsp3) is 0.273. The van der Waals surface area contributed by atoms with Crippen LogP contribution in [0.15, 0.2) is 60.8 Å². The minimum atomic E-state index is -0.00960. The van der Waals surface area contributed by atoms with E-state index in [2.05, 4.69) is 5.10 Å². The number of aromatic nitrogens is 2. The second-order valence-electron chi connectivity index (χ2n) is 6.70. The lowest BCUT2D eigenvalue weighted by molar-refractivity contribution is 0.0741. The van der Waals surface area contributed by atoms with Crippen molar-refractivity contribution in [1.82, 2.24) is 14.7 Å². The second kappa shape index (κ2) is 10.1. The molecular formula is C22H27ClN4O. The summed E-state index contributed by atoms with van der Waals surface area (Å²) in [5.74, 6) is -0.00960. The van der Waals surface area contributed by atoms with Crippen molar-refractivity contribution in [3.05, 3.63) is 83.2 Å². The Kier molecular flexibility index (Phi) is 7.79. The Bertz CT molecular complexity index is 908. The normalized spacial score (nSPS) is 10.4. The molecule has 0 aliphatic rings. The number of nitrogens with zero attached hydrogens (tertiary/aromatic N) is 3. The number of amides is 1. The molecule has 3 aromatic rings. The van der Waals surface area contributed by atoms with E-state index >= 15 is 0 Å². The summed E-state index contributed by atoms with van der Waals surface area (Å²) in [5, 5.41) is 4.48. The third-order valence-corrected chi connectivity index (χ3v) is 4.72. The van der Waals surface area contributed by atoms with Crippen LogP contribution in [0.25, 0.3) is 5.69 Å². The Morgan fingerprint density at radius 2 is 1.75 bits per heavy atom. The highest BCUT2D eigenvalue weighted by Crippen LogP contribution is 2.19. The summed E-state index contributed by atoms with van der Waals surface area (Å²) in [4.78, 5) is 15.1. The van der Waals surface area contributed by atoms with Gasteiger partial charge in [0.1, 0.15) is 0 Å². The number of benzene rings is 2. The van der Waals surface area contributed by atoms with Crippen molar-refractivity contribution >= 4 is 18.3 Å². The monoisotopic (exact) mass is 398 g/mol. The van der Waals surface area contributed by atoms with Crippen LogP contribution >= 0.6 is 12.4 Å². The Hall–Kier alpha value is -2.63. The first-order valence-corrected chi connectivity index (χ1v) is 9.25. The number of para-hydroxylation sites is 1. The molecule has 148 valence electrons. The minimum Gasteiger partial charge on any atom is -0.334 e. The van der Waals surface area contributed by atoms with Crippen LogP contribution in [0.1, 0.15) is 33.6 Å². The van der Waals surface area contributed by atoms with Crippen molar-refractivity contribution in [2.45, 2.75) is 26.8 Å². The molecule has 0 fully saturated rings. The summed E-state index contributed by atoms with van der Waals surface area (Å²) in [6, 6.07) is 18.1. The molecule has 0 radical (unpaired) electrons. The van der Waals surface area contributed by atoms with Crippen LogP contribution < -0.4 is 5.73 Å². The molecule has 0 aliphatic carbocycles. The topological polar surface area (TPSA) is 64.2 Å². The van der Waals surface area contributed by atoms with E-state index in [9.17, 15) is 4.79 Å². The standard InChI is InChI=1S/C22H26N4O.ClH/c1-17-9-6-7-12-21(17)26-18(2)20(15-24-26)22(27)25(14-8-13-23)16-19-10-4-3-5-11-19;/h3-7,9-12,15H,8,13-14,16,23H2,1-2H3;1H. The maximum absolute atomic E-state index is 13.2. The van der Waals surface area contributed by atoms with Gasteiger partial charge in [0.15, 0.2) is 0 Å². The molecule has 5 nitrogen and oxygen atoms in total. The van der Waals surface area contributed by atoms with Gasteiger partial charge in [0.05, 0.1) is 23.1 Å². The smallest absolute Gasteiger partial charge is 0.257 e. The summed E-state index contributed by atoms with van der Waals surface area (Å²) < 4.78 is 1.84. The average molecular weight is 399 g/mol. The zero-order valence-corrected chi connectivity index (χ0v) is 17.2. The van der Waals surface area contributed by atoms with Gasteiger partial charge in [0.25, 0.3) is 5.91 Å². The number of hydrogen-bond acceptors (Lipinski definition) is 3. The van der Waals surface area contributed by atoms with E-state index in [0.717, 1.165) is 28.9 Å². The van der Waals surface area contributed by atoms with Crippen LogP contribution in [0.2, 0.25) is 0 Å². The van der Waals surface area contributed by atoms with Gasteiger partial charge in [-0.1, -0.05) is 48.5 Å². The highest BCUT2D eigenvalue weighted by Gasteiger charge is 2.21. The molecule has 3 rings (SSSR count). The van der Waals surface area contributed by atoms with Crippen LogP contribution in [0.3, 0.4) is 0 Å². The summed E-state index contributed by atoms with van der Waals surface area (Å²) in [6.07, 6.45) is 2.44. The highest BCUT2D eigenvalue weighted by molar-refractivity contribution is 5.95. The number of nitrogens with two attached hydrogens (primary N) is 1. The molecule has 0 saturated carbocycles. The van der Waals surface area contributed by atoms with E-state index in [-0.39, 0.29) is 18.3 Å². The molecule has 0 unspecified atom stereocenters. The van der Waals surface area contributed by atoms with Gasteiger partial charge in [-0.15, -0.1) is 12.4 Å². The number of carbonyl (C=O) groups is 1. The Balaban J connectivity index is 0.00000280. The fourth-order valence-corrected chi connectivity index (χ4v) is 3.17. The van der Waals surface area contributed by atoms with E-state index in [1.165, 1.54) is 0 Å². The molecule has 0 aliphatic heterocycles. The van der Waals surface area contributed by atoms with Crippen LogP contribution in [-0.4, -0.2) is 33.7 Å². The molecule has 0 saturated heterocycles. The first-order chi connectivity index (χ1) is 13.1. The lowest BCUT2D eigenvalue weighted by Crippen LogP contribution is -2.32. The van der Waals surface area contributed by atoms with Crippen LogP contribution in [-0.2, 0) is 6.54 Å². The van der Waals surface area contributed by atoms with E-state index in [4.69, 9.17) is 5.73 Å². The third-order valence-electron chi connectivity index (χ3n) is 4.72. The van der Waals surface area contributed by atoms with Crippen molar-refractivity contribution in [3.8, 4) is 5.69 Å². The van der Waals surface area contributed by atoms with E-state index in [1.54, 1.807) is 6.20 Å². The van der Waals surface area contributed by atoms with Gasteiger partial charge in [-0.25, -0.2) is 4.68 Å². The third kappa shape index (κ3) is 4.80. The number of halogens is 1. The molecule has 0 bridgehead atoms. The predicted molar refractivity (Wildman–Crippen MR) is 115 cm³/mol. The molecule has 6 heteroatoms. The zero-order valence-electron chi connectivity index (χ0n) is 16.3. The highest BCUT2D eigenvalue weighted by atomic mass is 35.5. The minimum absolute atomic E-state index is 0. The number of rotatable bonds is 7. The van der Waals surface area contributed by atoms with Gasteiger partial charge < -0.3 is 10.6 Å². The van der Waals surface area contributed by atoms with Crippen molar-refractivity contribution in [1.29, 1.82) is 0 Å². The Morgan fingerprint density at radius 1 is 1.07 bits per heavy atom. The van der Waals surface area contributed by atoms with Gasteiger partial charge in [-0.3, -0.25) is 4.79 Å². The molecule has 0 atom stereocenters. The molecular weight excluding hydrogens is 372 g/mol. The number of aryl methyl sites for hydroxylation is 1. The van der Waals surface area contributed by atoms with Gasteiger partial charge >= 0.3 is 0 Å². The molecule has 1 amide bonds. The fourth-order valence-electron chi connectivity index (χ4n) is 3.17. The predicted octanol–water partition coefficient (Wildman–Crippen LogP) is 3.90. The van der Waals surface area contributed by atoms with Gasteiger partial charge in [-0.05, 0) is 44.0 Å². The first-order valence-electron chi connectivity index (χ1n) is 9.25. The molecule has 2 aromatic carbocycles. The van der Waals surface area contributed by atoms with Crippen LogP contribution in [0, 0.1) is 13.8 Å². The summed E-state index contributed by atoms with van der Waals surface area (Å²) in [5.41, 5.74) is 10.4. The van der Waals surface area contributed by atoms with Gasteiger partial charge in [-0.2, -0.15) is 5.10 Å². The second-order valence-corrected chi connectivity index (χ2v) is 6.70. The Labute approximate surface area is 172 Å². The summed E-state index contributed by atoms with van der Waals surface area (Å²) in [6.45, 7) is 5.73. The van der Waals surface area contributed by atoms with Crippen LogP contribution in [0.5, 0.6) is 0 Å². The van der Waals surface area contributed by atoms with Crippen molar-refractivity contribution in [3.63, 3.8) is 0 Å². The van der Waals surface area contributed by atoms with Crippen molar-refractivity contribution in [2.75, 3.05) is 13.1 Å². The van der Waals surface area contributed by atoms with E-state index in [0.29, 0.717) is 25.2 Å². The quantitative estimate of drug-likeness (QED) is 0.656. The average Bonchev–Trinajstić information content (AvgIpc) is 3.07. The molecule has 2 N–H and O–H groups in total. The maximum atomic E-state index is 13.2. The van der Waals surface area contributed by atoms with E-state index < -0.39 is 0 Å². The zero-order chi connectivity index (χ0) is 19.2. The largest absolute Gasteiger partial charge is 0.334 e. The SMILES string of the molecule is Cc1ccccc1-n1ncc(C(=O)N(CCCN)Cc2ccccc2)c1C.Cl. The molecule has 1 heterocycles. The van der Waals surface area contributed by atoms with Crippen molar-refractivity contribution in [2.24, 2.45) is 5.73 Å². The summed E-state index contributed by atoms with van der Waals surface area (Å²) in [7, 11) is 0. The maximum Gasteiger partial charge on any atom is 0.257 e. The lowest BCUT2D eigenvalue weighted by atomic mass is 10.1. The molecule has 0 spiro atoms. The summed E-state index contributed by atoms with van der Waals surface area (Å²) >= 11 is 0. The lowest BCUT2D eigenvalue weighted by Gasteiger charge is -2.22. The molecule has 28 heavy (non-hydrogen) atoms. The van der Waals surface area contributed by atoms with Gasteiger partial charge in [0.2, 0.25) is 0 Å². The number of hydrogen-bond donors (Lipinski definition) is 1.